The monoisotopic (exact) mass is 430 g/mol. The van der Waals surface area contributed by atoms with E-state index in [0.29, 0.717) is 12.1 Å². The van der Waals surface area contributed by atoms with E-state index in [2.05, 4.69) is 53.9 Å². The van der Waals surface area contributed by atoms with Crippen LogP contribution in [0.1, 0.15) is 67.1 Å². The van der Waals surface area contributed by atoms with Crippen LogP contribution in [0.5, 0.6) is 5.75 Å². The van der Waals surface area contributed by atoms with Gasteiger partial charge >= 0.3 is 0 Å². The van der Waals surface area contributed by atoms with Gasteiger partial charge in [-0.05, 0) is 44.0 Å². The number of thioether (sulfide) groups is 1. The van der Waals surface area contributed by atoms with Crippen LogP contribution in [-0.2, 0) is 0 Å². The molecule has 0 saturated carbocycles. The molecule has 0 bridgehead atoms. The molecule has 0 aliphatic carbocycles. The third-order valence-electron chi connectivity index (χ3n) is 5.20. The van der Waals surface area contributed by atoms with Gasteiger partial charge in [-0.15, -0.1) is 11.8 Å². The third kappa shape index (κ3) is 5.73. The van der Waals surface area contributed by atoms with Gasteiger partial charge in [0.25, 0.3) is 5.91 Å². The van der Waals surface area contributed by atoms with E-state index in [1.807, 2.05) is 31.4 Å². The number of aryl methyl sites for hydroxylation is 1. The van der Waals surface area contributed by atoms with Gasteiger partial charge in [0.15, 0.2) is 0 Å². The predicted octanol–water partition coefficient (Wildman–Crippen LogP) is 4.45. The SMILES string of the molecule is CCN(CC)C(CNC(=O)c1c(C)nc(C(C)C)nc1SC)c1cccc(OC)c1. The average Bonchev–Trinajstić information content (AvgIpc) is 2.75. The van der Waals surface area contributed by atoms with E-state index in [1.165, 1.54) is 11.8 Å². The van der Waals surface area contributed by atoms with Crippen molar-refractivity contribution in [3.63, 3.8) is 0 Å². The van der Waals surface area contributed by atoms with E-state index in [1.54, 1.807) is 7.11 Å². The summed E-state index contributed by atoms with van der Waals surface area (Å²) < 4.78 is 5.40. The molecule has 1 atom stereocenters. The Hall–Kier alpha value is -2.12. The standard InChI is InChI=1S/C23H34N4O2S/c1-8-27(9-2)19(17-11-10-12-18(13-17)29-6)14-24-22(28)20-16(5)25-21(15(3)4)26-23(20)30-7/h10-13,15,19H,8-9,14H2,1-7H3,(H,24,28). The second-order valence-electron chi connectivity index (χ2n) is 7.43. The molecule has 0 aliphatic rings. The fourth-order valence-corrected chi connectivity index (χ4v) is 4.11. The molecule has 0 aliphatic heterocycles. The van der Waals surface area contributed by atoms with E-state index in [4.69, 9.17) is 4.74 Å². The third-order valence-corrected chi connectivity index (χ3v) is 5.88. The average molecular weight is 431 g/mol. The van der Waals surface area contributed by atoms with E-state index in [9.17, 15) is 4.79 Å². The highest BCUT2D eigenvalue weighted by atomic mass is 32.2. The molecular formula is C23H34N4O2S. The molecule has 2 aromatic rings. The molecule has 1 heterocycles. The summed E-state index contributed by atoms with van der Waals surface area (Å²) in [4.78, 5) is 24.6. The van der Waals surface area contributed by atoms with Gasteiger partial charge in [-0.25, -0.2) is 9.97 Å². The number of hydrogen-bond donors (Lipinski definition) is 1. The summed E-state index contributed by atoms with van der Waals surface area (Å²) in [6, 6.07) is 8.09. The van der Waals surface area contributed by atoms with Crippen LogP contribution in [0.2, 0.25) is 0 Å². The highest BCUT2D eigenvalue weighted by Crippen LogP contribution is 2.26. The van der Waals surface area contributed by atoms with E-state index in [0.717, 1.165) is 40.9 Å². The fourth-order valence-electron chi connectivity index (χ4n) is 3.48. The molecule has 164 valence electrons. The lowest BCUT2D eigenvalue weighted by Crippen LogP contribution is -2.38. The number of nitrogens with zero attached hydrogens (tertiary/aromatic N) is 3. The summed E-state index contributed by atoms with van der Waals surface area (Å²) in [5.41, 5.74) is 2.40. The highest BCUT2D eigenvalue weighted by Gasteiger charge is 2.23. The summed E-state index contributed by atoms with van der Waals surface area (Å²) in [6.07, 6.45) is 1.94. The zero-order valence-corrected chi connectivity index (χ0v) is 20.0. The Morgan fingerprint density at radius 1 is 1.23 bits per heavy atom. The molecule has 0 fully saturated rings. The smallest absolute Gasteiger partial charge is 0.255 e. The number of aromatic nitrogens is 2. The first-order valence-corrected chi connectivity index (χ1v) is 11.7. The fraction of sp³-hybridized carbons (Fsp3) is 0.522. The van der Waals surface area contributed by atoms with Gasteiger partial charge in [0.05, 0.1) is 24.4 Å². The number of hydrogen-bond acceptors (Lipinski definition) is 6. The lowest BCUT2D eigenvalue weighted by Gasteiger charge is -2.30. The van der Waals surface area contributed by atoms with Crippen LogP contribution in [0, 0.1) is 6.92 Å². The van der Waals surface area contributed by atoms with Crippen molar-refractivity contribution in [1.82, 2.24) is 20.2 Å². The number of benzene rings is 1. The summed E-state index contributed by atoms with van der Waals surface area (Å²) >= 11 is 1.48. The van der Waals surface area contributed by atoms with Crippen molar-refractivity contribution in [2.24, 2.45) is 0 Å². The van der Waals surface area contributed by atoms with Gasteiger partial charge in [-0.2, -0.15) is 0 Å². The normalized spacial score (nSPS) is 12.3. The highest BCUT2D eigenvalue weighted by molar-refractivity contribution is 7.98. The summed E-state index contributed by atoms with van der Waals surface area (Å²) in [6.45, 7) is 12.5. The number of likely N-dealkylation sites (N-methyl/N-ethyl adjacent to an activating group) is 1. The molecule has 1 aromatic carbocycles. The van der Waals surface area contributed by atoms with Crippen molar-refractivity contribution in [2.75, 3.05) is 33.0 Å². The molecule has 2 rings (SSSR count). The van der Waals surface area contributed by atoms with Gasteiger partial charge < -0.3 is 10.1 Å². The summed E-state index contributed by atoms with van der Waals surface area (Å²) in [5, 5.41) is 3.86. The number of carbonyl (C=O) groups excluding carboxylic acids is 1. The molecule has 1 N–H and O–H groups in total. The van der Waals surface area contributed by atoms with Gasteiger partial charge in [-0.3, -0.25) is 9.69 Å². The van der Waals surface area contributed by atoms with Crippen molar-refractivity contribution in [3.05, 3.63) is 46.9 Å². The van der Waals surface area contributed by atoms with Crippen LogP contribution >= 0.6 is 11.8 Å². The molecule has 0 spiro atoms. The van der Waals surface area contributed by atoms with Crippen LogP contribution in [0.3, 0.4) is 0 Å². The van der Waals surface area contributed by atoms with Gasteiger partial charge in [0.2, 0.25) is 0 Å². The Labute approximate surface area is 184 Å². The molecule has 6 nitrogen and oxygen atoms in total. The Morgan fingerprint density at radius 2 is 1.93 bits per heavy atom. The molecule has 1 unspecified atom stereocenters. The van der Waals surface area contributed by atoms with Crippen molar-refractivity contribution in [2.45, 2.75) is 51.6 Å². The minimum atomic E-state index is -0.132. The molecule has 7 heteroatoms. The van der Waals surface area contributed by atoms with Crippen LogP contribution in [-0.4, -0.2) is 53.8 Å². The van der Waals surface area contributed by atoms with Crippen molar-refractivity contribution >= 4 is 17.7 Å². The first kappa shape index (κ1) is 24.2. The lowest BCUT2D eigenvalue weighted by atomic mass is 10.0. The zero-order valence-electron chi connectivity index (χ0n) is 19.2. The molecule has 30 heavy (non-hydrogen) atoms. The van der Waals surface area contributed by atoms with E-state index in [-0.39, 0.29) is 17.9 Å². The Bertz CT molecular complexity index is 853. The number of methoxy groups -OCH3 is 1. The zero-order chi connectivity index (χ0) is 22.3. The largest absolute Gasteiger partial charge is 0.497 e. The van der Waals surface area contributed by atoms with Crippen LogP contribution in [0.15, 0.2) is 29.3 Å². The molecule has 0 saturated heterocycles. The number of ether oxygens (including phenoxy) is 1. The van der Waals surface area contributed by atoms with Crippen molar-refractivity contribution in [3.8, 4) is 5.75 Å². The second-order valence-corrected chi connectivity index (χ2v) is 8.22. The van der Waals surface area contributed by atoms with Gasteiger partial charge in [-0.1, -0.05) is 39.8 Å². The summed E-state index contributed by atoms with van der Waals surface area (Å²) in [5.74, 6) is 1.67. The van der Waals surface area contributed by atoms with E-state index < -0.39 is 0 Å². The van der Waals surface area contributed by atoms with Crippen molar-refractivity contribution in [1.29, 1.82) is 0 Å². The summed E-state index contributed by atoms with van der Waals surface area (Å²) in [7, 11) is 1.67. The number of amides is 1. The minimum Gasteiger partial charge on any atom is -0.497 e. The molecular weight excluding hydrogens is 396 g/mol. The first-order valence-electron chi connectivity index (χ1n) is 10.4. The van der Waals surface area contributed by atoms with Crippen LogP contribution in [0.4, 0.5) is 0 Å². The predicted molar refractivity (Wildman–Crippen MR) is 124 cm³/mol. The quantitative estimate of drug-likeness (QED) is 0.444. The first-order chi connectivity index (χ1) is 14.4. The van der Waals surface area contributed by atoms with Crippen molar-refractivity contribution < 1.29 is 9.53 Å². The maximum atomic E-state index is 13.1. The number of carbonyl (C=O) groups is 1. The topological polar surface area (TPSA) is 67.4 Å². The maximum Gasteiger partial charge on any atom is 0.255 e. The van der Waals surface area contributed by atoms with Gasteiger partial charge in [0.1, 0.15) is 16.6 Å². The van der Waals surface area contributed by atoms with Crippen LogP contribution < -0.4 is 10.1 Å². The molecule has 0 radical (unpaired) electrons. The Morgan fingerprint density at radius 3 is 2.50 bits per heavy atom. The maximum absolute atomic E-state index is 13.1. The number of nitrogens with one attached hydrogen (secondary N) is 1. The second kappa shape index (κ2) is 11.3. The molecule has 1 amide bonds. The lowest BCUT2D eigenvalue weighted by molar-refractivity contribution is 0.0930. The Kier molecular flexibility index (Phi) is 9.11. The van der Waals surface area contributed by atoms with Gasteiger partial charge in [0, 0.05) is 12.5 Å². The van der Waals surface area contributed by atoms with Crippen LogP contribution in [0.25, 0.3) is 0 Å². The number of rotatable bonds is 10. The van der Waals surface area contributed by atoms with E-state index >= 15 is 0 Å². The molecule has 1 aromatic heterocycles. The minimum absolute atomic E-state index is 0.0490. The Balaban J connectivity index is 2.29.